The number of allylic oxidation sites excluding steroid dienone is 2. The van der Waals surface area contributed by atoms with E-state index in [1.807, 2.05) is 0 Å². The second kappa shape index (κ2) is 9.91. The van der Waals surface area contributed by atoms with E-state index in [4.69, 9.17) is 11.6 Å². The molecule has 2 atom stereocenters. The van der Waals surface area contributed by atoms with Crippen molar-refractivity contribution in [3.05, 3.63) is 98.6 Å². The summed E-state index contributed by atoms with van der Waals surface area (Å²) in [6.07, 6.45) is 8.97. The summed E-state index contributed by atoms with van der Waals surface area (Å²) in [6.45, 7) is 6.54. The highest BCUT2D eigenvalue weighted by Crippen LogP contribution is 2.55. The Bertz CT molecular complexity index is 1450. The van der Waals surface area contributed by atoms with E-state index in [-0.39, 0.29) is 22.7 Å². The topological polar surface area (TPSA) is 85.3 Å². The summed E-state index contributed by atoms with van der Waals surface area (Å²) < 4.78 is 31.4. The first kappa shape index (κ1) is 25.7. The van der Waals surface area contributed by atoms with Crippen molar-refractivity contribution in [1.82, 2.24) is 19.3 Å². The molecule has 0 saturated heterocycles. The molecule has 10 heteroatoms. The van der Waals surface area contributed by atoms with Gasteiger partial charge in [-0.3, -0.25) is 14.3 Å². The molecule has 36 heavy (non-hydrogen) atoms. The van der Waals surface area contributed by atoms with Crippen molar-refractivity contribution in [2.24, 2.45) is 4.99 Å². The van der Waals surface area contributed by atoms with Gasteiger partial charge in [-0.05, 0) is 75.3 Å². The maximum atomic E-state index is 15.5. The Morgan fingerprint density at radius 2 is 2.06 bits per heavy atom. The molecule has 0 aliphatic heterocycles. The van der Waals surface area contributed by atoms with Crippen molar-refractivity contribution in [2.75, 3.05) is 0 Å². The van der Waals surface area contributed by atoms with Gasteiger partial charge in [0.15, 0.2) is 11.7 Å². The van der Waals surface area contributed by atoms with Crippen LogP contribution < -0.4 is 5.56 Å². The van der Waals surface area contributed by atoms with Crippen LogP contribution in [-0.2, 0) is 5.60 Å². The van der Waals surface area contributed by atoms with E-state index in [0.717, 1.165) is 22.5 Å². The number of halogens is 3. The Labute approximate surface area is 212 Å². The molecule has 1 aliphatic rings. The fourth-order valence-corrected chi connectivity index (χ4v) is 4.32. The molecule has 4 rings (SSSR count). The predicted octanol–water partition coefficient (Wildman–Crippen LogP) is 5.29. The number of hydrogen-bond donors (Lipinski definition) is 1. The molecular formula is C26H26ClF2N5O2. The summed E-state index contributed by atoms with van der Waals surface area (Å²) >= 11 is 6.45. The lowest BCUT2D eigenvalue weighted by Crippen LogP contribution is -2.22. The van der Waals surface area contributed by atoms with Gasteiger partial charge in [0.05, 0.1) is 18.1 Å². The fraction of sp³-hybridized carbons (Fsp3) is 0.308. The van der Waals surface area contributed by atoms with Crippen LogP contribution in [0.2, 0.25) is 5.02 Å². The van der Waals surface area contributed by atoms with Crippen LogP contribution in [0.4, 0.5) is 8.78 Å². The van der Waals surface area contributed by atoms with Gasteiger partial charge in [-0.2, -0.15) is 5.10 Å². The molecule has 0 bridgehead atoms. The van der Waals surface area contributed by atoms with Crippen molar-refractivity contribution < 1.29 is 13.9 Å². The highest BCUT2D eigenvalue weighted by molar-refractivity contribution is 6.31. The Morgan fingerprint density at radius 1 is 1.31 bits per heavy atom. The van der Waals surface area contributed by atoms with Crippen LogP contribution in [-0.4, -0.2) is 30.3 Å². The second-order valence-electron chi connectivity index (χ2n) is 9.23. The lowest BCUT2D eigenvalue weighted by molar-refractivity contribution is 0.0735. The fourth-order valence-electron chi connectivity index (χ4n) is 4.03. The first-order valence-corrected chi connectivity index (χ1v) is 11.8. The summed E-state index contributed by atoms with van der Waals surface area (Å²) in [5.41, 5.74) is 0.391. The number of aromatic nitrogens is 4. The van der Waals surface area contributed by atoms with Gasteiger partial charge in [-0.15, -0.1) is 0 Å². The van der Waals surface area contributed by atoms with Crippen LogP contribution in [0, 0.1) is 12.7 Å². The number of pyridine rings is 2. The molecule has 3 aromatic rings. The summed E-state index contributed by atoms with van der Waals surface area (Å²) in [5, 5.41) is 14.4. The second-order valence-corrected chi connectivity index (χ2v) is 9.61. The van der Waals surface area contributed by atoms with E-state index in [1.165, 1.54) is 23.1 Å². The number of aliphatic hydroxyl groups is 1. The minimum atomic E-state index is -1.23. The van der Waals surface area contributed by atoms with Crippen molar-refractivity contribution in [3.63, 3.8) is 0 Å². The quantitative estimate of drug-likeness (QED) is 0.358. The molecule has 7 nitrogen and oxygen atoms in total. The van der Waals surface area contributed by atoms with Gasteiger partial charge in [0.1, 0.15) is 16.4 Å². The Kier molecular flexibility index (Phi) is 7.06. The zero-order chi connectivity index (χ0) is 26.2. The number of aliphatic imine (C=N–C) groups is 1. The molecule has 0 amide bonds. The Hall–Kier alpha value is -3.43. The number of nitrogens with zero attached hydrogens (tertiary/aromatic N) is 5. The lowest BCUT2D eigenvalue weighted by atomic mass is 10.1. The largest absolute Gasteiger partial charge is 0.384 e. The molecule has 0 aromatic carbocycles. The normalized spacial score (nSPS) is 18.8. The molecule has 1 saturated carbocycles. The minimum absolute atomic E-state index is 0.0111. The minimum Gasteiger partial charge on any atom is -0.384 e. The SMILES string of the molecule is C/C=C/N=C(/C(F)=C/n1c(C)cc(C2CC2c2cncc(F)c2)c(Cl)c1=O)n1ccc(C(C)(C)O)n1. The molecule has 188 valence electrons. The molecule has 1 aliphatic carbocycles. The zero-order valence-electron chi connectivity index (χ0n) is 20.3. The van der Waals surface area contributed by atoms with Gasteiger partial charge >= 0.3 is 0 Å². The van der Waals surface area contributed by atoms with E-state index in [0.29, 0.717) is 23.4 Å². The maximum absolute atomic E-state index is 15.5. The summed E-state index contributed by atoms with van der Waals surface area (Å²) in [5.74, 6) is -1.46. The zero-order valence-corrected chi connectivity index (χ0v) is 21.0. The van der Waals surface area contributed by atoms with Crippen LogP contribution in [0.25, 0.3) is 6.20 Å². The van der Waals surface area contributed by atoms with Crippen molar-refractivity contribution in [1.29, 1.82) is 0 Å². The van der Waals surface area contributed by atoms with Gasteiger partial charge in [0.2, 0.25) is 0 Å². The van der Waals surface area contributed by atoms with E-state index in [2.05, 4.69) is 15.1 Å². The van der Waals surface area contributed by atoms with E-state index in [1.54, 1.807) is 52.1 Å². The van der Waals surface area contributed by atoms with Gasteiger partial charge in [-0.1, -0.05) is 17.7 Å². The Morgan fingerprint density at radius 3 is 2.69 bits per heavy atom. The van der Waals surface area contributed by atoms with Crippen molar-refractivity contribution in [2.45, 2.75) is 51.6 Å². The first-order valence-electron chi connectivity index (χ1n) is 11.4. The molecule has 0 radical (unpaired) electrons. The van der Waals surface area contributed by atoms with Gasteiger partial charge in [0.25, 0.3) is 5.56 Å². The number of rotatable bonds is 6. The molecule has 2 unspecified atom stereocenters. The van der Waals surface area contributed by atoms with Gasteiger partial charge in [-0.25, -0.2) is 18.5 Å². The molecule has 1 fully saturated rings. The smallest absolute Gasteiger partial charge is 0.273 e. The highest BCUT2D eigenvalue weighted by atomic mass is 35.5. The number of hydrogen-bond acceptors (Lipinski definition) is 5. The van der Waals surface area contributed by atoms with Gasteiger partial charge in [0, 0.05) is 24.3 Å². The van der Waals surface area contributed by atoms with Crippen LogP contribution in [0.3, 0.4) is 0 Å². The molecule has 3 heterocycles. The molecule has 1 N–H and O–H groups in total. The third-order valence-electron chi connectivity index (χ3n) is 5.98. The molecule has 0 spiro atoms. The maximum Gasteiger partial charge on any atom is 0.273 e. The van der Waals surface area contributed by atoms with Crippen LogP contribution in [0.15, 0.2) is 64.7 Å². The summed E-state index contributed by atoms with van der Waals surface area (Å²) in [7, 11) is 0. The van der Waals surface area contributed by atoms with Crippen molar-refractivity contribution >= 4 is 23.6 Å². The average Bonchev–Trinajstić information content (AvgIpc) is 3.45. The van der Waals surface area contributed by atoms with Crippen LogP contribution >= 0.6 is 11.6 Å². The molecular weight excluding hydrogens is 488 g/mol. The van der Waals surface area contributed by atoms with E-state index in [9.17, 15) is 14.3 Å². The predicted molar refractivity (Wildman–Crippen MR) is 135 cm³/mol. The van der Waals surface area contributed by atoms with E-state index >= 15 is 4.39 Å². The van der Waals surface area contributed by atoms with E-state index < -0.39 is 22.8 Å². The first-order chi connectivity index (χ1) is 17.0. The average molecular weight is 514 g/mol. The monoisotopic (exact) mass is 513 g/mol. The lowest BCUT2D eigenvalue weighted by Gasteiger charge is -2.13. The standard InChI is InChI=1S/C26H26ClF2N5O2/c1-5-7-31-24(34-8-6-22(32-34)26(3,4)36)21(29)14-33-15(2)9-20(23(27)25(33)35)19-11-18(19)16-10-17(28)13-30-12-16/h5-10,12-14,18-19,36H,11H2,1-4H3/b7-5+,21-14-,31-24-. The van der Waals surface area contributed by atoms with Gasteiger partial charge < -0.3 is 5.11 Å². The highest BCUT2D eigenvalue weighted by Gasteiger charge is 2.41. The van der Waals surface area contributed by atoms with Crippen LogP contribution in [0.1, 0.15) is 61.5 Å². The van der Waals surface area contributed by atoms with Crippen molar-refractivity contribution in [3.8, 4) is 0 Å². The summed E-state index contributed by atoms with van der Waals surface area (Å²) in [4.78, 5) is 21.1. The third-order valence-corrected chi connectivity index (χ3v) is 6.36. The molecule has 3 aromatic heterocycles. The summed E-state index contributed by atoms with van der Waals surface area (Å²) in [6, 6.07) is 4.73. The van der Waals surface area contributed by atoms with Crippen LogP contribution in [0.5, 0.6) is 0 Å². The Balaban J connectivity index is 1.69. The number of aryl methyl sites for hydroxylation is 1. The third kappa shape index (κ3) is 5.22.